The first kappa shape index (κ1) is 9.22. The van der Waals surface area contributed by atoms with Gasteiger partial charge < -0.3 is 10.6 Å². The van der Waals surface area contributed by atoms with Crippen LogP contribution in [0.1, 0.15) is 19.3 Å². The third-order valence-corrected chi connectivity index (χ3v) is 3.97. The van der Waals surface area contributed by atoms with Gasteiger partial charge in [-0.15, -0.1) is 0 Å². The Balaban J connectivity index is 1.85. The molecular formula is C13H18N2. The van der Waals surface area contributed by atoms with Gasteiger partial charge in [-0.25, -0.2) is 0 Å². The second-order valence-electron chi connectivity index (χ2n) is 4.88. The molecule has 2 fully saturated rings. The highest BCUT2D eigenvalue weighted by Gasteiger charge is 2.39. The average molecular weight is 202 g/mol. The van der Waals surface area contributed by atoms with E-state index >= 15 is 0 Å². The predicted molar refractivity (Wildman–Crippen MR) is 62.9 cm³/mol. The summed E-state index contributed by atoms with van der Waals surface area (Å²) < 4.78 is 0. The second-order valence-corrected chi connectivity index (χ2v) is 4.88. The lowest BCUT2D eigenvalue weighted by atomic mass is 9.86. The quantitative estimate of drug-likeness (QED) is 0.754. The van der Waals surface area contributed by atoms with Crippen molar-refractivity contribution >= 4 is 5.69 Å². The first-order valence-corrected chi connectivity index (χ1v) is 5.92. The third kappa shape index (κ3) is 1.53. The first-order chi connectivity index (χ1) is 7.34. The molecule has 1 aliphatic carbocycles. The summed E-state index contributed by atoms with van der Waals surface area (Å²) in [6.45, 7) is 1.16. The van der Waals surface area contributed by atoms with Gasteiger partial charge >= 0.3 is 0 Å². The zero-order chi connectivity index (χ0) is 10.3. The molecule has 0 amide bonds. The normalized spacial score (nSPS) is 34.5. The van der Waals surface area contributed by atoms with Crippen molar-refractivity contribution in [2.45, 2.75) is 31.3 Å². The number of nitrogens with zero attached hydrogens (tertiary/aromatic N) is 1. The van der Waals surface area contributed by atoms with E-state index < -0.39 is 0 Å². The molecule has 2 nitrogen and oxygen atoms in total. The highest BCUT2D eigenvalue weighted by atomic mass is 15.2. The molecule has 3 atom stereocenters. The van der Waals surface area contributed by atoms with Crippen LogP contribution < -0.4 is 10.6 Å². The fourth-order valence-electron chi connectivity index (χ4n) is 3.09. The van der Waals surface area contributed by atoms with Crippen molar-refractivity contribution in [1.29, 1.82) is 0 Å². The van der Waals surface area contributed by atoms with Gasteiger partial charge in [0.15, 0.2) is 0 Å². The molecule has 1 saturated heterocycles. The minimum Gasteiger partial charge on any atom is -0.368 e. The molecule has 15 heavy (non-hydrogen) atoms. The summed E-state index contributed by atoms with van der Waals surface area (Å²) in [4.78, 5) is 2.55. The van der Waals surface area contributed by atoms with Crippen molar-refractivity contribution in [3.8, 4) is 0 Å². The van der Waals surface area contributed by atoms with Crippen molar-refractivity contribution < 1.29 is 0 Å². The Morgan fingerprint density at radius 2 is 1.93 bits per heavy atom. The van der Waals surface area contributed by atoms with E-state index in [0.29, 0.717) is 6.04 Å². The summed E-state index contributed by atoms with van der Waals surface area (Å²) in [6, 6.07) is 11.9. The van der Waals surface area contributed by atoms with E-state index in [4.69, 9.17) is 5.73 Å². The molecule has 2 aliphatic rings. The fourth-order valence-corrected chi connectivity index (χ4v) is 3.09. The molecule has 3 rings (SSSR count). The largest absolute Gasteiger partial charge is 0.368 e. The summed E-state index contributed by atoms with van der Waals surface area (Å²) >= 11 is 0. The van der Waals surface area contributed by atoms with Crippen LogP contribution in [0.3, 0.4) is 0 Å². The van der Waals surface area contributed by atoms with E-state index in [-0.39, 0.29) is 0 Å². The van der Waals surface area contributed by atoms with Crippen LogP contribution in [0.4, 0.5) is 5.69 Å². The van der Waals surface area contributed by atoms with Crippen molar-refractivity contribution in [2.75, 3.05) is 11.4 Å². The molecule has 80 valence electrons. The van der Waals surface area contributed by atoms with E-state index in [9.17, 15) is 0 Å². The molecule has 3 unspecified atom stereocenters. The summed E-state index contributed by atoms with van der Waals surface area (Å²) in [5, 5.41) is 0. The molecule has 1 aromatic rings. The van der Waals surface area contributed by atoms with Gasteiger partial charge in [-0.05, 0) is 37.3 Å². The molecule has 0 radical (unpaired) electrons. The number of rotatable bonds is 1. The molecule has 1 heterocycles. The van der Waals surface area contributed by atoms with Gasteiger partial charge in [0.05, 0.1) is 0 Å². The molecule has 2 bridgehead atoms. The predicted octanol–water partition coefficient (Wildman–Crippen LogP) is 2.00. The number of para-hydroxylation sites is 1. The van der Waals surface area contributed by atoms with Crippen LogP contribution in [-0.2, 0) is 0 Å². The number of anilines is 1. The van der Waals surface area contributed by atoms with Crippen LogP contribution in [0.25, 0.3) is 0 Å². The highest BCUT2D eigenvalue weighted by Crippen LogP contribution is 2.37. The van der Waals surface area contributed by atoms with Gasteiger partial charge in [-0.2, -0.15) is 0 Å². The number of nitrogens with two attached hydrogens (primary N) is 1. The molecular weight excluding hydrogens is 184 g/mol. The summed E-state index contributed by atoms with van der Waals surface area (Å²) in [5.74, 6) is 0.726. The Kier molecular flexibility index (Phi) is 2.17. The van der Waals surface area contributed by atoms with E-state index in [1.807, 2.05) is 0 Å². The Labute approximate surface area is 91.1 Å². The van der Waals surface area contributed by atoms with Crippen molar-refractivity contribution in [3.63, 3.8) is 0 Å². The number of hydrogen-bond acceptors (Lipinski definition) is 2. The van der Waals surface area contributed by atoms with Crippen molar-refractivity contribution in [1.82, 2.24) is 0 Å². The maximum atomic E-state index is 6.13. The van der Waals surface area contributed by atoms with Crippen LogP contribution >= 0.6 is 0 Å². The van der Waals surface area contributed by atoms with Gasteiger partial charge in [-0.1, -0.05) is 18.2 Å². The van der Waals surface area contributed by atoms with E-state index in [1.54, 1.807) is 0 Å². The molecule has 1 aromatic carbocycles. The smallest absolute Gasteiger partial charge is 0.0368 e. The summed E-state index contributed by atoms with van der Waals surface area (Å²) in [5.41, 5.74) is 7.50. The molecule has 2 N–H and O–H groups in total. The number of fused-ring (bicyclic) bond motifs is 2. The van der Waals surface area contributed by atoms with Gasteiger partial charge in [-0.3, -0.25) is 0 Å². The Morgan fingerprint density at radius 3 is 2.67 bits per heavy atom. The minimum absolute atomic E-state index is 0.440. The topological polar surface area (TPSA) is 29.3 Å². The number of hydrogen-bond donors (Lipinski definition) is 1. The first-order valence-electron chi connectivity index (χ1n) is 5.92. The fraction of sp³-hybridized carbons (Fsp3) is 0.538. The van der Waals surface area contributed by atoms with E-state index in [0.717, 1.165) is 18.5 Å². The number of benzene rings is 1. The lowest BCUT2D eigenvalue weighted by molar-refractivity contribution is 0.358. The molecule has 0 aromatic heterocycles. The Hall–Kier alpha value is -1.02. The van der Waals surface area contributed by atoms with Gasteiger partial charge in [0.1, 0.15) is 0 Å². The van der Waals surface area contributed by atoms with Crippen LogP contribution in [0.15, 0.2) is 30.3 Å². The van der Waals surface area contributed by atoms with Crippen molar-refractivity contribution in [3.05, 3.63) is 30.3 Å². The standard InChI is InChI=1S/C13H18N2/c14-13-7-6-12-8-10(13)9-15(12)11-4-2-1-3-5-11/h1-5,10,12-13H,6-9,14H2. The van der Waals surface area contributed by atoms with E-state index in [1.165, 1.54) is 24.9 Å². The lowest BCUT2D eigenvalue weighted by Crippen LogP contribution is -2.33. The molecule has 1 aliphatic heterocycles. The van der Waals surface area contributed by atoms with Crippen molar-refractivity contribution in [2.24, 2.45) is 11.7 Å². The zero-order valence-electron chi connectivity index (χ0n) is 8.97. The minimum atomic E-state index is 0.440. The van der Waals surface area contributed by atoms with Crippen LogP contribution in [-0.4, -0.2) is 18.6 Å². The van der Waals surface area contributed by atoms with Gasteiger partial charge in [0.25, 0.3) is 0 Å². The van der Waals surface area contributed by atoms with Gasteiger partial charge in [0, 0.05) is 24.3 Å². The summed E-state index contributed by atoms with van der Waals surface area (Å²) in [7, 11) is 0. The zero-order valence-corrected chi connectivity index (χ0v) is 8.97. The van der Waals surface area contributed by atoms with Crippen LogP contribution in [0, 0.1) is 5.92 Å². The monoisotopic (exact) mass is 202 g/mol. The van der Waals surface area contributed by atoms with E-state index in [2.05, 4.69) is 35.2 Å². The highest BCUT2D eigenvalue weighted by molar-refractivity contribution is 5.48. The molecule has 2 heteroatoms. The lowest BCUT2D eigenvalue weighted by Gasteiger charge is -2.27. The van der Waals surface area contributed by atoms with Gasteiger partial charge in [0.2, 0.25) is 0 Å². The average Bonchev–Trinajstić information content (AvgIpc) is 2.65. The molecule has 1 saturated carbocycles. The van der Waals surface area contributed by atoms with Crippen LogP contribution in [0.5, 0.6) is 0 Å². The van der Waals surface area contributed by atoms with Crippen LogP contribution in [0.2, 0.25) is 0 Å². The third-order valence-electron chi connectivity index (χ3n) is 3.97. The second kappa shape index (κ2) is 3.53. The Morgan fingerprint density at radius 1 is 1.13 bits per heavy atom. The molecule has 0 spiro atoms. The summed E-state index contributed by atoms with van der Waals surface area (Å²) in [6.07, 6.45) is 3.78. The Bertz CT molecular complexity index is 336. The maximum Gasteiger partial charge on any atom is 0.0368 e. The maximum absolute atomic E-state index is 6.13. The SMILES string of the molecule is NC1CCC2CC1CN2c1ccccc1.